The van der Waals surface area contributed by atoms with E-state index in [1.54, 1.807) is 0 Å². The van der Waals surface area contributed by atoms with Gasteiger partial charge in [-0.2, -0.15) is 0 Å². The second kappa shape index (κ2) is 10.7. The molecule has 4 aliphatic rings. The number of esters is 2. The smallest absolute Gasteiger partial charge is 0.338 e. The van der Waals surface area contributed by atoms with Gasteiger partial charge in [0.15, 0.2) is 0 Å². The van der Waals surface area contributed by atoms with Crippen molar-refractivity contribution in [3.05, 3.63) is 106 Å². The maximum atomic E-state index is 14.3. The van der Waals surface area contributed by atoms with Gasteiger partial charge in [0.2, 0.25) is 0 Å². The first kappa shape index (κ1) is 26.5. The molecule has 0 spiro atoms. The number of benzene rings is 2. The second-order valence-electron chi connectivity index (χ2n) is 11.2. The molecule has 2 saturated carbocycles. The van der Waals surface area contributed by atoms with E-state index >= 15 is 0 Å². The summed E-state index contributed by atoms with van der Waals surface area (Å²) < 4.78 is 67.6. The standard InChI is InChI=1S/C32H28F4O4/c33-23-6-5-18(12-24(34)8-7-23)31(37)39-30-21-11-20(10-19-9-17-3-1-2-4-27(17)28(19)15-21)29(30)40-32(38)22-13-25(35)16-26(36)14-22/h1-5,7,12-14,16,19-21,28-30H,6,8-11,15H2/b18-5+,23-7+,24-12+/t19?,20?,21?,28?,29-,30+/m1/s1. The Kier molecular flexibility index (Phi) is 7.11. The molecule has 0 aliphatic heterocycles. The first-order valence-electron chi connectivity index (χ1n) is 13.6. The van der Waals surface area contributed by atoms with Crippen molar-refractivity contribution in [1.82, 2.24) is 0 Å². The van der Waals surface area contributed by atoms with Crippen molar-refractivity contribution in [2.24, 2.45) is 17.8 Å². The van der Waals surface area contributed by atoms with Gasteiger partial charge in [0.25, 0.3) is 0 Å². The SMILES string of the molecule is O=C(O[C@H]1C2CC3c4ccccc4CC3CC(C2)[C@H]1OC(=O)c1cc(F)cc(F)c1)C1=C/C/C(F)=C\C/C(F)=C\1. The lowest BCUT2D eigenvalue weighted by Gasteiger charge is -2.33. The van der Waals surface area contributed by atoms with Gasteiger partial charge < -0.3 is 9.47 Å². The number of carbonyl (C=O) groups is 2. The average Bonchev–Trinajstić information content (AvgIpc) is 3.33. The third kappa shape index (κ3) is 5.23. The molecular weight excluding hydrogens is 524 g/mol. The number of carbonyl (C=O) groups excluding carboxylic acids is 2. The Balaban J connectivity index is 1.30. The van der Waals surface area contributed by atoms with Gasteiger partial charge in [0, 0.05) is 30.7 Å². The predicted molar refractivity (Wildman–Crippen MR) is 138 cm³/mol. The Bertz CT molecular complexity index is 1420. The molecule has 4 aliphatic carbocycles. The summed E-state index contributed by atoms with van der Waals surface area (Å²) >= 11 is 0. The van der Waals surface area contributed by atoms with Crippen LogP contribution in [0.15, 0.2) is 77.9 Å². The second-order valence-corrected chi connectivity index (χ2v) is 11.2. The number of hydrogen-bond acceptors (Lipinski definition) is 4. The van der Waals surface area contributed by atoms with Crippen molar-refractivity contribution in [3.8, 4) is 0 Å². The van der Waals surface area contributed by atoms with Crippen LogP contribution < -0.4 is 0 Å². The molecule has 8 heteroatoms. The molecule has 0 N–H and O–H groups in total. The Morgan fingerprint density at radius 1 is 0.725 bits per heavy atom. The normalized spacial score (nSPS) is 33.0. The average molecular weight is 553 g/mol. The van der Waals surface area contributed by atoms with Crippen LogP contribution in [0.3, 0.4) is 0 Å². The van der Waals surface area contributed by atoms with Crippen molar-refractivity contribution < 1.29 is 36.6 Å². The minimum absolute atomic E-state index is 0.110. The quantitative estimate of drug-likeness (QED) is 0.297. The van der Waals surface area contributed by atoms with Crippen LogP contribution in [0.1, 0.15) is 59.5 Å². The van der Waals surface area contributed by atoms with Crippen LogP contribution in [0.5, 0.6) is 0 Å². The molecule has 2 fully saturated rings. The van der Waals surface area contributed by atoms with E-state index in [0.29, 0.717) is 24.8 Å². The molecule has 0 heterocycles. The van der Waals surface area contributed by atoms with E-state index in [-0.39, 0.29) is 41.7 Å². The van der Waals surface area contributed by atoms with Crippen LogP contribution in [-0.4, -0.2) is 24.1 Å². The molecule has 2 bridgehead atoms. The summed E-state index contributed by atoms with van der Waals surface area (Å²) in [6, 6.07) is 10.7. The third-order valence-electron chi connectivity index (χ3n) is 8.69. The van der Waals surface area contributed by atoms with E-state index in [2.05, 4.69) is 12.1 Å². The topological polar surface area (TPSA) is 52.6 Å². The van der Waals surface area contributed by atoms with Crippen molar-refractivity contribution in [1.29, 1.82) is 0 Å². The number of fused-ring (bicyclic) bond motifs is 5. The molecule has 4 unspecified atom stereocenters. The van der Waals surface area contributed by atoms with Gasteiger partial charge in [-0.1, -0.05) is 30.3 Å². The summed E-state index contributed by atoms with van der Waals surface area (Å²) in [5, 5.41) is 0. The summed E-state index contributed by atoms with van der Waals surface area (Å²) in [4.78, 5) is 26.3. The van der Waals surface area contributed by atoms with Crippen molar-refractivity contribution in [2.75, 3.05) is 0 Å². The number of allylic oxidation sites excluding steroid dienone is 4. The van der Waals surface area contributed by atoms with Crippen molar-refractivity contribution >= 4 is 11.9 Å². The van der Waals surface area contributed by atoms with Gasteiger partial charge in [-0.05, 0) is 72.9 Å². The fraction of sp³-hybridized carbons (Fsp3) is 0.375. The lowest BCUT2D eigenvalue weighted by molar-refractivity contribution is -0.153. The van der Waals surface area contributed by atoms with Crippen LogP contribution in [0, 0.1) is 29.4 Å². The fourth-order valence-electron chi connectivity index (χ4n) is 7.01. The Morgan fingerprint density at radius 2 is 1.38 bits per heavy atom. The zero-order valence-electron chi connectivity index (χ0n) is 21.6. The summed E-state index contributed by atoms with van der Waals surface area (Å²) in [6.45, 7) is 0. The zero-order valence-corrected chi connectivity index (χ0v) is 21.6. The minimum Gasteiger partial charge on any atom is -0.455 e. The highest BCUT2D eigenvalue weighted by Crippen LogP contribution is 2.54. The Morgan fingerprint density at radius 3 is 2.15 bits per heavy atom. The molecule has 0 saturated heterocycles. The molecule has 6 rings (SSSR count). The zero-order chi connectivity index (χ0) is 28.0. The Hall–Kier alpha value is -3.68. The highest BCUT2D eigenvalue weighted by molar-refractivity contribution is 5.92. The van der Waals surface area contributed by atoms with E-state index in [9.17, 15) is 27.2 Å². The van der Waals surface area contributed by atoms with E-state index in [1.165, 1.54) is 17.2 Å². The molecule has 2 aromatic carbocycles. The summed E-state index contributed by atoms with van der Waals surface area (Å²) in [5.74, 6) is -4.50. The van der Waals surface area contributed by atoms with Crippen LogP contribution in [0.4, 0.5) is 17.6 Å². The van der Waals surface area contributed by atoms with Crippen LogP contribution >= 0.6 is 0 Å². The molecule has 0 radical (unpaired) electrons. The fourth-order valence-corrected chi connectivity index (χ4v) is 7.01. The summed E-state index contributed by atoms with van der Waals surface area (Å²) in [5.41, 5.74) is 2.18. The molecule has 2 aromatic rings. The molecule has 0 amide bonds. The lowest BCUT2D eigenvalue weighted by Crippen LogP contribution is -2.40. The molecule has 0 aromatic heterocycles. The van der Waals surface area contributed by atoms with Gasteiger partial charge >= 0.3 is 11.9 Å². The first-order chi connectivity index (χ1) is 19.2. The largest absolute Gasteiger partial charge is 0.455 e. The first-order valence-corrected chi connectivity index (χ1v) is 13.6. The molecule has 6 atom stereocenters. The monoisotopic (exact) mass is 552 g/mol. The molecular formula is C32H28F4O4. The maximum absolute atomic E-state index is 14.3. The molecule has 40 heavy (non-hydrogen) atoms. The van der Waals surface area contributed by atoms with Crippen molar-refractivity contribution in [2.45, 2.75) is 56.7 Å². The summed E-state index contributed by atoms with van der Waals surface area (Å²) in [6.07, 6.45) is 4.28. The van der Waals surface area contributed by atoms with Gasteiger partial charge in [0.05, 0.1) is 11.1 Å². The van der Waals surface area contributed by atoms with E-state index in [0.717, 1.165) is 37.1 Å². The lowest BCUT2D eigenvalue weighted by atomic mass is 9.80. The van der Waals surface area contributed by atoms with Crippen LogP contribution in [-0.2, 0) is 20.7 Å². The van der Waals surface area contributed by atoms with Gasteiger partial charge in [-0.25, -0.2) is 27.2 Å². The minimum atomic E-state index is -0.912. The van der Waals surface area contributed by atoms with E-state index in [1.807, 2.05) is 12.1 Å². The van der Waals surface area contributed by atoms with E-state index < -0.39 is 47.4 Å². The predicted octanol–water partition coefficient (Wildman–Crippen LogP) is 7.22. The summed E-state index contributed by atoms with van der Waals surface area (Å²) in [7, 11) is 0. The maximum Gasteiger partial charge on any atom is 0.338 e. The molecule has 4 nitrogen and oxygen atoms in total. The van der Waals surface area contributed by atoms with Crippen molar-refractivity contribution in [3.63, 3.8) is 0 Å². The molecule has 208 valence electrons. The Labute approximate surface area is 229 Å². The number of halogens is 4. The number of ether oxygens (including phenoxy) is 2. The van der Waals surface area contributed by atoms with Gasteiger partial charge in [-0.3, -0.25) is 0 Å². The highest BCUT2D eigenvalue weighted by atomic mass is 19.1. The van der Waals surface area contributed by atoms with Crippen LogP contribution in [0.2, 0.25) is 0 Å². The van der Waals surface area contributed by atoms with Gasteiger partial charge in [0.1, 0.15) is 35.5 Å². The highest BCUT2D eigenvalue weighted by Gasteiger charge is 2.53. The van der Waals surface area contributed by atoms with Crippen LogP contribution in [0.25, 0.3) is 0 Å². The number of rotatable bonds is 4. The van der Waals surface area contributed by atoms with E-state index in [4.69, 9.17) is 9.47 Å². The third-order valence-corrected chi connectivity index (χ3v) is 8.69. The van der Waals surface area contributed by atoms with Gasteiger partial charge in [-0.15, -0.1) is 0 Å². The number of hydrogen-bond donors (Lipinski definition) is 0.